The quantitative estimate of drug-likeness (QED) is 0.412. The molecule has 0 bridgehead atoms. The molecule has 8 unspecified atom stereocenters. The lowest BCUT2D eigenvalue weighted by Crippen LogP contribution is -2.55. The van der Waals surface area contributed by atoms with Gasteiger partial charge in [-0.05, 0) is 100 Å². The van der Waals surface area contributed by atoms with Crippen LogP contribution in [0.25, 0.3) is 0 Å². The van der Waals surface area contributed by atoms with Crippen LogP contribution in [0.1, 0.15) is 64.2 Å². The van der Waals surface area contributed by atoms with Gasteiger partial charge in [-0.3, -0.25) is 14.8 Å². The highest BCUT2D eigenvalue weighted by Gasteiger charge is 2.50. The van der Waals surface area contributed by atoms with Crippen LogP contribution in [-0.4, -0.2) is 61.7 Å². The predicted octanol–water partition coefficient (Wildman–Crippen LogP) is 4.25. The van der Waals surface area contributed by atoms with Gasteiger partial charge in [0.2, 0.25) is 5.91 Å². The van der Waals surface area contributed by atoms with Crippen LogP contribution in [0.4, 0.5) is 13.2 Å². The topological polar surface area (TPSA) is 102 Å². The predicted molar refractivity (Wildman–Crippen MR) is 141 cm³/mol. The third-order valence-corrected chi connectivity index (χ3v) is 10.1. The zero-order valence-electron chi connectivity index (χ0n) is 23.6. The average Bonchev–Trinajstić information content (AvgIpc) is 3.72. The van der Waals surface area contributed by atoms with E-state index in [0.717, 1.165) is 32.1 Å². The van der Waals surface area contributed by atoms with E-state index in [9.17, 15) is 18.0 Å². The summed E-state index contributed by atoms with van der Waals surface area (Å²) in [7, 11) is 3.45. The number of hydrogen-bond acceptors (Lipinski definition) is 6. The molecule has 226 valence electrons. The first-order valence-electron chi connectivity index (χ1n) is 15.0. The standard InChI is InChI=1S/C29H45F3N4O4/c1-38-22-13-20(14-23(15-22)39-2)25(18-5-6-18)35-27(37)21-11-17(16-36-8-9-40-28(36)33)10-19(12-21)24-4-3-7-34-26(24)29(30,31)32/h8-9,17-26,33-34H,3-7,10-16H2,1-2H3,(H,35,37). The number of amides is 1. The summed E-state index contributed by atoms with van der Waals surface area (Å²) in [5.41, 5.74) is 0.0158. The van der Waals surface area contributed by atoms with Gasteiger partial charge >= 0.3 is 6.18 Å². The van der Waals surface area contributed by atoms with Gasteiger partial charge in [0, 0.05) is 38.9 Å². The molecular weight excluding hydrogens is 525 g/mol. The number of carbonyl (C=O) groups excluding carboxylic acids is 1. The van der Waals surface area contributed by atoms with Crippen LogP contribution in [0.5, 0.6) is 0 Å². The minimum absolute atomic E-state index is 0.0122. The van der Waals surface area contributed by atoms with Crippen molar-refractivity contribution in [1.29, 1.82) is 5.41 Å². The summed E-state index contributed by atoms with van der Waals surface area (Å²) in [6.45, 7) is 0.829. The van der Waals surface area contributed by atoms with E-state index in [1.54, 1.807) is 25.0 Å². The second-order valence-electron chi connectivity index (χ2n) is 12.7. The van der Waals surface area contributed by atoms with Gasteiger partial charge in [0.15, 0.2) is 0 Å². The Labute approximate surface area is 234 Å². The minimum Gasteiger partial charge on any atom is -0.432 e. The van der Waals surface area contributed by atoms with Gasteiger partial charge < -0.3 is 24.5 Å². The van der Waals surface area contributed by atoms with Crippen LogP contribution >= 0.6 is 0 Å². The maximum atomic E-state index is 14.0. The number of ether oxygens (including phenoxy) is 2. The molecule has 0 radical (unpaired) electrons. The molecule has 5 rings (SSSR count). The van der Waals surface area contributed by atoms with E-state index < -0.39 is 18.1 Å². The molecule has 4 aliphatic rings. The van der Waals surface area contributed by atoms with E-state index in [2.05, 4.69) is 10.6 Å². The molecule has 8 nitrogen and oxygen atoms in total. The monoisotopic (exact) mass is 570 g/mol. The summed E-state index contributed by atoms with van der Waals surface area (Å²) in [5.74, 6) is -0.499. The molecule has 1 aromatic heterocycles. The van der Waals surface area contributed by atoms with Crippen LogP contribution in [0.2, 0.25) is 0 Å². The number of hydrogen-bond donors (Lipinski definition) is 3. The van der Waals surface area contributed by atoms with Gasteiger partial charge in [0.25, 0.3) is 5.68 Å². The lowest BCUT2D eigenvalue weighted by Gasteiger charge is -2.44. The van der Waals surface area contributed by atoms with Crippen molar-refractivity contribution in [2.75, 3.05) is 20.8 Å². The summed E-state index contributed by atoms with van der Waals surface area (Å²) in [5, 5.41) is 14.2. The fraction of sp³-hybridized carbons (Fsp3) is 0.862. The molecule has 11 heteroatoms. The summed E-state index contributed by atoms with van der Waals surface area (Å²) in [6.07, 6.45) is 6.64. The average molecular weight is 571 g/mol. The third kappa shape index (κ3) is 6.95. The molecule has 1 aromatic rings. The van der Waals surface area contributed by atoms with Gasteiger partial charge in [-0.1, -0.05) is 0 Å². The van der Waals surface area contributed by atoms with E-state index in [4.69, 9.17) is 19.3 Å². The van der Waals surface area contributed by atoms with E-state index >= 15 is 0 Å². The number of carbonyl (C=O) groups is 1. The normalized spacial score (nSPS) is 36.2. The number of methoxy groups -OCH3 is 2. The van der Waals surface area contributed by atoms with Gasteiger partial charge in [-0.25, -0.2) is 0 Å². The number of aromatic nitrogens is 1. The second kappa shape index (κ2) is 12.6. The molecule has 1 amide bonds. The van der Waals surface area contributed by atoms with Crippen LogP contribution < -0.4 is 16.3 Å². The molecule has 3 N–H and O–H groups in total. The smallest absolute Gasteiger partial charge is 0.404 e. The Bertz CT molecular complexity index is 1030. The molecule has 40 heavy (non-hydrogen) atoms. The molecule has 8 atom stereocenters. The van der Waals surface area contributed by atoms with Crippen molar-refractivity contribution in [3.63, 3.8) is 0 Å². The molecule has 3 saturated carbocycles. The highest BCUT2D eigenvalue weighted by Crippen LogP contribution is 2.46. The third-order valence-electron chi connectivity index (χ3n) is 10.1. The Morgan fingerprint density at radius 1 is 1.10 bits per heavy atom. The van der Waals surface area contributed by atoms with E-state index in [0.29, 0.717) is 51.1 Å². The van der Waals surface area contributed by atoms with Crippen molar-refractivity contribution in [3.05, 3.63) is 18.1 Å². The van der Waals surface area contributed by atoms with Crippen molar-refractivity contribution < 1.29 is 31.9 Å². The Morgan fingerprint density at radius 2 is 1.82 bits per heavy atom. The van der Waals surface area contributed by atoms with Crippen LogP contribution in [-0.2, 0) is 20.8 Å². The lowest BCUT2D eigenvalue weighted by atomic mass is 9.66. The minimum atomic E-state index is -4.32. The number of alkyl halides is 3. The zero-order chi connectivity index (χ0) is 28.4. The molecule has 3 aliphatic carbocycles. The Balaban J connectivity index is 1.34. The number of rotatable bonds is 9. The van der Waals surface area contributed by atoms with Crippen molar-refractivity contribution in [3.8, 4) is 0 Å². The van der Waals surface area contributed by atoms with Gasteiger partial charge in [0.05, 0.1) is 12.2 Å². The Morgan fingerprint density at radius 3 is 2.42 bits per heavy atom. The van der Waals surface area contributed by atoms with Gasteiger partial charge in [-0.2, -0.15) is 13.2 Å². The van der Waals surface area contributed by atoms with Crippen LogP contribution in [0.15, 0.2) is 16.9 Å². The molecule has 1 saturated heterocycles. The molecule has 0 aromatic carbocycles. The summed E-state index contributed by atoms with van der Waals surface area (Å²) < 4.78 is 60.4. The summed E-state index contributed by atoms with van der Waals surface area (Å²) in [6, 6.07) is -1.51. The molecule has 4 fully saturated rings. The first-order valence-corrected chi connectivity index (χ1v) is 15.0. The van der Waals surface area contributed by atoms with Crippen molar-refractivity contribution in [2.45, 2.75) is 101 Å². The molecule has 1 aliphatic heterocycles. The summed E-state index contributed by atoms with van der Waals surface area (Å²) in [4.78, 5) is 13.9. The van der Waals surface area contributed by atoms with Crippen molar-refractivity contribution >= 4 is 5.91 Å². The van der Waals surface area contributed by atoms with E-state index in [-0.39, 0.29) is 53.5 Å². The van der Waals surface area contributed by atoms with Gasteiger partial charge in [-0.15, -0.1) is 0 Å². The maximum absolute atomic E-state index is 14.0. The lowest BCUT2D eigenvalue weighted by molar-refractivity contribution is -0.180. The van der Waals surface area contributed by atoms with Crippen LogP contribution in [0, 0.1) is 40.9 Å². The molecule has 2 heterocycles. The fourth-order valence-electron chi connectivity index (χ4n) is 8.00. The first kappa shape index (κ1) is 29.6. The molecular formula is C29H45F3N4O4. The number of nitrogens with one attached hydrogen (secondary N) is 3. The number of oxazole rings is 1. The number of piperidine rings is 1. The largest absolute Gasteiger partial charge is 0.432 e. The van der Waals surface area contributed by atoms with Crippen molar-refractivity contribution in [2.24, 2.45) is 35.5 Å². The van der Waals surface area contributed by atoms with E-state index in [1.165, 1.54) is 6.26 Å². The van der Waals surface area contributed by atoms with Crippen molar-refractivity contribution in [1.82, 2.24) is 15.2 Å². The zero-order valence-corrected chi connectivity index (χ0v) is 23.6. The highest BCUT2D eigenvalue weighted by atomic mass is 19.4. The summed E-state index contributed by atoms with van der Waals surface area (Å²) >= 11 is 0. The highest BCUT2D eigenvalue weighted by molar-refractivity contribution is 5.79. The SMILES string of the molecule is COC1CC(OC)CC(C(NC(=O)C2CC(Cn3ccoc3=N)CC(C3CCCNC3C(F)(F)F)C2)C2CC2)C1. The van der Waals surface area contributed by atoms with E-state index in [1.807, 2.05) is 0 Å². The number of nitrogens with zero attached hydrogens (tertiary/aromatic N) is 1. The Hall–Kier alpha value is -1.85. The fourth-order valence-corrected chi connectivity index (χ4v) is 8.00. The second-order valence-corrected chi connectivity index (χ2v) is 12.7. The first-order chi connectivity index (χ1) is 19.2. The Kier molecular flexibility index (Phi) is 9.31. The van der Waals surface area contributed by atoms with Crippen LogP contribution in [0.3, 0.4) is 0 Å². The molecule has 0 spiro atoms. The maximum Gasteiger partial charge on any atom is 0.404 e. The number of halogens is 3. The van der Waals surface area contributed by atoms with Gasteiger partial charge in [0.1, 0.15) is 12.3 Å².